The Labute approximate surface area is 107 Å². The number of nitrogens with zero attached hydrogens (tertiary/aromatic N) is 1. The molecule has 1 aliphatic heterocycles. The zero-order chi connectivity index (χ0) is 13.2. The first kappa shape index (κ1) is 13.2. The number of aliphatic hydroxyl groups excluding tert-OH is 1. The topological polar surface area (TPSA) is 66.8 Å². The van der Waals surface area contributed by atoms with Crippen LogP contribution in [-0.4, -0.2) is 32.4 Å². The molecule has 0 amide bonds. The van der Waals surface area contributed by atoms with Crippen LogP contribution in [0.1, 0.15) is 18.9 Å². The van der Waals surface area contributed by atoms with Crippen molar-refractivity contribution < 1.29 is 18.3 Å². The SMILES string of the molecule is CCOc1ccc(N2CCCS2(=O)=O)cc1CO. The quantitative estimate of drug-likeness (QED) is 0.891. The number of ether oxygens (including phenoxy) is 1. The van der Waals surface area contributed by atoms with E-state index in [4.69, 9.17) is 4.74 Å². The second-order valence-corrected chi connectivity index (χ2v) is 6.14. The lowest BCUT2D eigenvalue weighted by atomic mass is 10.2. The maximum atomic E-state index is 11.8. The maximum Gasteiger partial charge on any atom is 0.235 e. The van der Waals surface area contributed by atoms with Crippen molar-refractivity contribution in [2.75, 3.05) is 23.2 Å². The molecule has 6 heteroatoms. The highest BCUT2D eigenvalue weighted by Crippen LogP contribution is 2.29. The Kier molecular flexibility index (Phi) is 3.77. The van der Waals surface area contributed by atoms with Crippen molar-refractivity contribution in [2.24, 2.45) is 0 Å². The number of aliphatic hydroxyl groups is 1. The maximum absolute atomic E-state index is 11.8. The molecule has 5 nitrogen and oxygen atoms in total. The zero-order valence-electron chi connectivity index (χ0n) is 10.3. The minimum absolute atomic E-state index is 0.170. The number of benzene rings is 1. The molecular weight excluding hydrogens is 254 g/mol. The minimum atomic E-state index is -3.18. The summed E-state index contributed by atoms with van der Waals surface area (Å²) in [5, 5.41) is 9.29. The van der Waals surface area contributed by atoms with Crippen molar-refractivity contribution in [3.63, 3.8) is 0 Å². The van der Waals surface area contributed by atoms with Gasteiger partial charge in [-0.2, -0.15) is 0 Å². The predicted octanol–water partition coefficient (Wildman–Crippen LogP) is 1.12. The van der Waals surface area contributed by atoms with Gasteiger partial charge in [0.15, 0.2) is 0 Å². The molecule has 1 aromatic carbocycles. The monoisotopic (exact) mass is 271 g/mol. The van der Waals surface area contributed by atoms with E-state index in [1.165, 1.54) is 4.31 Å². The van der Waals surface area contributed by atoms with Crippen LogP contribution >= 0.6 is 0 Å². The summed E-state index contributed by atoms with van der Waals surface area (Å²) in [6.45, 7) is 2.70. The van der Waals surface area contributed by atoms with E-state index >= 15 is 0 Å². The van der Waals surface area contributed by atoms with Crippen molar-refractivity contribution in [1.82, 2.24) is 0 Å². The summed E-state index contributed by atoms with van der Waals surface area (Å²) in [7, 11) is -3.18. The summed E-state index contributed by atoms with van der Waals surface area (Å²) < 4.78 is 30.4. The molecule has 1 saturated heterocycles. The Morgan fingerprint density at radius 1 is 1.44 bits per heavy atom. The fourth-order valence-corrected chi connectivity index (χ4v) is 3.63. The fourth-order valence-electron chi connectivity index (χ4n) is 2.07. The second kappa shape index (κ2) is 5.16. The number of rotatable bonds is 4. The van der Waals surface area contributed by atoms with Crippen LogP contribution in [0.3, 0.4) is 0 Å². The minimum Gasteiger partial charge on any atom is -0.494 e. The lowest BCUT2D eigenvalue weighted by molar-refractivity contribution is 0.267. The van der Waals surface area contributed by atoms with Crippen LogP contribution in [-0.2, 0) is 16.6 Å². The Balaban J connectivity index is 2.35. The van der Waals surface area contributed by atoms with E-state index in [1.54, 1.807) is 18.2 Å². The van der Waals surface area contributed by atoms with Gasteiger partial charge in [-0.1, -0.05) is 0 Å². The van der Waals surface area contributed by atoms with Gasteiger partial charge >= 0.3 is 0 Å². The number of sulfonamides is 1. The largest absolute Gasteiger partial charge is 0.494 e. The third-order valence-electron chi connectivity index (χ3n) is 2.90. The van der Waals surface area contributed by atoms with Crippen LogP contribution < -0.4 is 9.04 Å². The van der Waals surface area contributed by atoms with Crippen LogP contribution in [0.2, 0.25) is 0 Å². The van der Waals surface area contributed by atoms with Gasteiger partial charge in [0.25, 0.3) is 0 Å². The summed E-state index contributed by atoms with van der Waals surface area (Å²) in [6.07, 6.45) is 0.643. The van der Waals surface area contributed by atoms with Gasteiger partial charge in [0.05, 0.1) is 24.7 Å². The van der Waals surface area contributed by atoms with Gasteiger partial charge in [-0.05, 0) is 31.5 Å². The van der Waals surface area contributed by atoms with Crippen molar-refractivity contribution in [2.45, 2.75) is 20.0 Å². The van der Waals surface area contributed by atoms with E-state index in [9.17, 15) is 13.5 Å². The van der Waals surface area contributed by atoms with Crippen molar-refractivity contribution >= 4 is 15.7 Å². The lowest BCUT2D eigenvalue weighted by Gasteiger charge is -2.18. The van der Waals surface area contributed by atoms with Crippen LogP contribution in [0, 0.1) is 0 Å². The molecule has 0 spiro atoms. The highest BCUT2D eigenvalue weighted by Gasteiger charge is 2.28. The highest BCUT2D eigenvalue weighted by atomic mass is 32.2. The summed E-state index contributed by atoms with van der Waals surface area (Å²) in [5.74, 6) is 0.787. The summed E-state index contributed by atoms with van der Waals surface area (Å²) in [5.41, 5.74) is 1.21. The molecule has 0 aromatic heterocycles. The molecule has 1 aromatic rings. The average molecular weight is 271 g/mol. The lowest BCUT2D eigenvalue weighted by Crippen LogP contribution is -2.25. The number of anilines is 1. The van der Waals surface area contributed by atoms with E-state index in [2.05, 4.69) is 0 Å². The fraction of sp³-hybridized carbons (Fsp3) is 0.500. The smallest absolute Gasteiger partial charge is 0.235 e. The van der Waals surface area contributed by atoms with Gasteiger partial charge in [0.2, 0.25) is 10.0 Å². The van der Waals surface area contributed by atoms with Crippen molar-refractivity contribution in [1.29, 1.82) is 0 Å². The second-order valence-electron chi connectivity index (χ2n) is 4.12. The van der Waals surface area contributed by atoms with E-state index < -0.39 is 10.0 Å². The van der Waals surface area contributed by atoms with Crippen LogP contribution in [0.25, 0.3) is 0 Å². The van der Waals surface area contributed by atoms with Crippen LogP contribution in [0.15, 0.2) is 18.2 Å². The average Bonchev–Trinajstić information content (AvgIpc) is 2.70. The molecule has 0 aliphatic carbocycles. The Bertz CT molecular complexity index is 527. The first-order chi connectivity index (χ1) is 8.58. The molecule has 1 N–H and O–H groups in total. The molecule has 0 unspecified atom stereocenters. The van der Waals surface area contributed by atoms with E-state index in [0.29, 0.717) is 36.6 Å². The summed E-state index contributed by atoms with van der Waals surface area (Å²) in [4.78, 5) is 0. The third kappa shape index (κ3) is 2.44. The zero-order valence-corrected chi connectivity index (χ0v) is 11.1. The number of hydrogen-bond donors (Lipinski definition) is 1. The molecule has 1 fully saturated rings. The first-order valence-corrected chi connectivity index (χ1v) is 7.56. The highest BCUT2D eigenvalue weighted by molar-refractivity contribution is 7.93. The standard InChI is InChI=1S/C12H17NO4S/c1-2-17-12-5-4-11(8-10(12)9-14)13-6-3-7-18(13,15)16/h4-5,8,14H,2-3,6-7,9H2,1H3. The Morgan fingerprint density at radius 3 is 2.78 bits per heavy atom. The third-order valence-corrected chi connectivity index (χ3v) is 4.77. The van der Waals surface area contributed by atoms with E-state index in [0.717, 1.165) is 0 Å². The van der Waals surface area contributed by atoms with Crippen LogP contribution in [0.5, 0.6) is 5.75 Å². The van der Waals surface area contributed by atoms with Crippen LogP contribution in [0.4, 0.5) is 5.69 Å². The summed E-state index contributed by atoms with van der Waals surface area (Å²) in [6, 6.07) is 5.10. The normalized spacial score (nSPS) is 18.0. The first-order valence-electron chi connectivity index (χ1n) is 5.95. The van der Waals surface area contributed by atoms with Crippen molar-refractivity contribution in [3.05, 3.63) is 23.8 Å². The Hall–Kier alpha value is -1.27. The predicted molar refractivity (Wildman–Crippen MR) is 69.3 cm³/mol. The number of hydrogen-bond acceptors (Lipinski definition) is 4. The van der Waals surface area contributed by atoms with Gasteiger partial charge in [0, 0.05) is 12.1 Å². The molecule has 0 atom stereocenters. The van der Waals surface area contributed by atoms with Gasteiger partial charge in [-0.3, -0.25) is 4.31 Å². The van der Waals surface area contributed by atoms with E-state index in [1.807, 2.05) is 6.92 Å². The molecule has 18 heavy (non-hydrogen) atoms. The van der Waals surface area contributed by atoms with E-state index in [-0.39, 0.29) is 12.4 Å². The molecule has 100 valence electrons. The molecule has 0 radical (unpaired) electrons. The van der Waals surface area contributed by atoms with Gasteiger partial charge < -0.3 is 9.84 Å². The van der Waals surface area contributed by atoms with Gasteiger partial charge in [0.1, 0.15) is 5.75 Å². The van der Waals surface area contributed by atoms with Crippen molar-refractivity contribution in [3.8, 4) is 5.75 Å². The molecule has 1 aliphatic rings. The van der Waals surface area contributed by atoms with Gasteiger partial charge in [-0.15, -0.1) is 0 Å². The molecule has 2 rings (SSSR count). The molecule has 1 heterocycles. The molecular formula is C12H17NO4S. The molecule has 0 bridgehead atoms. The summed E-state index contributed by atoms with van der Waals surface area (Å²) >= 11 is 0. The van der Waals surface area contributed by atoms with Gasteiger partial charge in [-0.25, -0.2) is 8.42 Å². The Morgan fingerprint density at radius 2 is 2.22 bits per heavy atom. The molecule has 0 saturated carbocycles.